The molecule has 1 atom stereocenters. The number of fused-ring (bicyclic) bond motifs is 1. The highest BCUT2D eigenvalue weighted by Gasteiger charge is 2.34. The summed E-state index contributed by atoms with van der Waals surface area (Å²) in [5.74, 6) is 2.36. The number of carbonyl (C=O) groups is 1. The molecule has 3 heterocycles. The van der Waals surface area contributed by atoms with Gasteiger partial charge in [-0.05, 0) is 44.0 Å². The fourth-order valence-corrected chi connectivity index (χ4v) is 4.30. The molecule has 1 aliphatic rings. The van der Waals surface area contributed by atoms with E-state index in [1.807, 2.05) is 61.2 Å². The molecule has 9 heteroatoms. The summed E-state index contributed by atoms with van der Waals surface area (Å²) in [7, 11) is 0. The second-order valence-corrected chi connectivity index (χ2v) is 8.21. The van der Waals surface area contributed by atoms with Crippen LogP contribution < -0.4 is 9.47 Å². The van der Waals surface area contributed by atoms with Crippen LogP contribution in [0.5, 0.6) is 11.5 Å². The molecule has 0 radical (unpaired) electrons. The molecular weight excluding hydrogens is 434 g/mol. The summed E-state index contributed by atoms with van der Waals surface area (Å²) in [6.45, 7) is 6.22. The van der Waals surface area contributed by atoms with E-state index in [2.05, 4.69) is 20.3 Å². The minimum absolute atomic E-state index is 0.0949. The molecule has 176 valence electrons. The highest BCUT2D eigenvalue weighted by Crippen LogP contribution is 2.31. The number of likely N-dealkylation sites (tertiary alicyclic amines) is 1. The van der Waals surface area contributed by atoms with Crippen molar-refractivity contribution in [1.82, 2.24) is 25.2 Å². The van der Waals surface area contributed by atoms with Crippen LogP contribution in [-0.2, 0) is 11.2 Å². The van der Waals surface area contributed by atoms with Gasteiger partial charge in [0.2, 0.25) is 5.91 Å². The summed E-state index contributed by atoms with van der Waals surface area (Å²) in [4.78, 5) is 19.1. The summed E-state index contributed by atoms with van der Waals surface area (Å²) < 4.78 is 16.9. The number of ether oxygens (including phenoxy) is 2. The fourth-order valence-electron chi connectivity index (χ4n) is 4.30. The molecule has 0 bridgehead atoms. The maximum Gasteiger partial charge on any atom is 0.279 e. The van der Waals surface area contributed by atoms with Crippen LogP contribution in [0.2, 0.25) is 0 Å². The van der Waals surface area contributed by atoms with E-state index < -0.39 is 0 Å². The van der Waals surface area contributed by atoms with Gasteiger partial charge < -0.3 is 18.9 Å². The predicted octanol–water partition coefficient (Wildman–Crippen LogP) is 3.97. The number of benzene rings is 2. The zero-order valence-corrected chi connectivity index (χ0v) is 19.3. The van der Waals surface area contributed by atoms with Gasteiger partial charge in [0.15, 0.2) is 23.0 Å². The first-order chi connectivity index (χ1) is 16.7. The van der Waals surface area contributed by atoms with Crippen molar-refractivity contribution in [3.63, 3.8) is 0 Å². The van der Waals surface area contributed by atoms with Crippen molar-refractivity contribution < 1.29 is 18.8 Å². The Morgan fingerprint density at radius 2 is 1.94 bits per heavy atom. The van der Waals surface area contributed by atoms with Crippen LogP contribution in [0.4, 0.5) is 0 Å². The largest absolute Gasteiger partial charge is 0.490 e. The number of H-pyrrole nitrogens is 1. The lowest BCUT2D eigenvalue weighted by Gasteiger charge is -2.17. The maximum absolute atomic E-state index is 12.7. The van der Waals surface area contributed by atoms with Crippen molar-refractivity contribution >= 4 is 16.8 Å². The predicted molar refractivity (Wildman–Crippen MR) is 126 cm³/mol. The molecule has 1 saturated heterocycles. The Hall–Kier alpha value is -3.88. The molecule has 1 fully saturated rings. The van der Waals surface area contributed by atoms with Gasteiger partial charge in [-0.15, -0.1) is 0 Å². The Bertz CT molecular complexity index is 1300. The average molecular weight is 462 g/mol. The van der Waals surface area contributed by atoms with Crippen molar-refractivity contribution in [1.29, 1.82) is 0 Å². The number of rotatable bonds is 9. The number of hydrogen-bond acceptors (Lipinski definition) is 7. The van der Waals surface area contributed by atoms with E-state index in [0.29, 0.717) is 50.1 Å². The van der Waals surface area contributed by atoms with Crippen LogP contribution >= 0.6 is 0 Å². The summed E-state index contributed by atoms with van der Waals surface area (Å²) >= 11 is 0. The van der Waals surface area contributed by atoms with Gasteiger partial charge in [0.05, 0.1) is 18.7 Å². The molecule has 9 nitrogen and oxygen atoms in total. The van der Waals surface area contributed by atoms with Gasteiger partial charge in [-0.3, -0.25) is 9.89 Å². The van der Waals surface area contributed by atoms with Gasteiger partial charge in [0.1, 0.15) is 0 Å². The molecule has 1 unspecified atom stereocenters. The van der Waals surface area contributed by atoms with E-state index in [9.17, 15) is 4.79 Å². The third-order valence-electron chi connectivity index (χ3n) is 5.97. The minimum atomic E-state index is -0.102. The van der Waals surface area contributed by atoms with Crippen molar-refractivity contribution in [3.05, 3.63) is 53.9 Å². The van der Waals surface area contributed by atoms with E-state index in [-0.39, 0.29) is 11.8 Å². The van der Waals surface area contributed by atoms with Crippen LogP contribution in [-0.4, -0.2) is 57.4 Å². The highest BCUT2D eigenvalue weighted by molar-refractivity contribution is 5.90. The maximum atomic E-state index is 12.7. The number of aromatic amines is 1. The fraction of sp³-hybridized carbons (Fsp3) is 0.360. The second kappa shape index (κ2) is 9.54. The number of hydrogen-bond donors (Lipinski definition) is 1. The first-order valence-corrected chi connectivity index (χ1v) is 11.6. The number of para-hydroxylation sites is 1. The van der Waals surface area contributed by atoms with Gasteiger partial charge in [-0.1, -0.05) is 29.4 Å². The first kappa shape index (κ1) is 21.9. The van der Waals surface area contributed by atoms with Crippen molar-refractivity contribution in [2.24, 2.45) is 0 Å². The molecule has 4 aromatic rings. The third-order valence-corrected chi connectivity index (χ3v) is 5.97. The Kier molecular flexibility index (Phi) is 6.16. The van der Waals surface area contributed by atoms with Crippen LogP contribution in [0.15, 0.2) is 47.0 Å². The number of amides is 1. The van der Waals surface area contributed by atoms with E-state index >= 15 is 0 Å². The summed E-state index contributed by atoms with van der Waals surface area (Å²) in [6.07, 6.45) is 1.09. The second-order valence-electron chi connectivity index (χ2n) is 8.21. The number of carbonyl (C=O) groups excluding carboxylic acids is 1. The molecule has 0 saturated carbocycles. The zero-order valence-electron chi connectivity index (χ0n) is 19.3. The van der Waals surface area contributed by atoms with Gasteiger partial charge in [0, 0.05) is 30.8 Å². The monoisotopic (exact) mass is 461 g/mol. The van der Waals surface area contributed by atoms with Crippen LogP contribution in [0.3, 0.4) is 0 Å². The van der Waals surface area contributed by atoms with Gasteiger partial charge in [-0.25, -0.2) is 0 Å². The van der Waals surface area contributed by atoms with E-state index in [1.54, 1.807) is 0 Å². The topological polar surface area (TPSA) is 106 Å². The smallest absolute Gasteiger partial charge is 0.279 e. The summed E-state index contributed by atoms with van der Waals surface area (Å²) in [5.41, 5.74) is 2.62. The number of nitrogens with zero attached hydrogens (tertiary/aromatic N) is 4. The number of aromatic nitrogens is 4. The van der Waals surface area contributed by atoms with Crippen LogP contribution in [0.1, 0.15) is 37.6 Å². The van der Waals surface area contributed by atoms with Gasteiger partial charge >= 0.3 is 0 Å². The van der Waals surface area contributed by atoms with Crippen LogP contribution in [0, 0.1) is 0 Å². The van der Waals surface area contributed by atoms with Crippen LogP contribution in [0.25, 0.3) is 22.5 Å². The molecule has 1 amide bonds. The Morgan fingerprint density at radius 1 is 1.12 bits per heavy atom. The molecule has 1 N–H and O–H groups in total. The lowest BCUT2D eigenvalue weighted by atomic mass is 10.1. The lowest BCUT2D eigenvalue weighted by Crippen LogP contribution is -2.27. The molecular formula is C25H27N5O4. The molecule has 2 aromatic heterocycles. The van der Waals surface area contributed by atoms with Crippen molar-refractivity contribution in [2.45, 2.75) is 32.6 Å². The SMILES string of the molecule is CCOc1ccc(CCN2CC(c3noc(-c4n[nH]c5ccccc45)n3)CC2=O)cc1OCC. The molecule has 5 rings (SSSR count). The van der Waals surface area contributed by atoms with Crippen molar-refractivity contribution in [2.75, 3.05) is 26.3 Å². The van der Waals surface area contributed by atoms with E-state index in [0.717, 1.165) is 34.4 Å². The zero-order chi connectivity index (χ0) is 23.5. The summed E-state index contributed by atoms with van der Waals surface area (Å²) in [5, 5.41) is 12.4. The average Bonchev–Trinajstić information content (AvgIpc) is 3.57. The number of nitrogens with one attached hydrogen (secondary N) is 1. The molecule has 0 aliphatic carbocycles. The van der Waals surface area contributed by atoms with E-state index in [1.165, 1.54) is 0 Å². The molecule has 2 aromatic carbocycles. The molecule has 0 spiro atoms. The Morgan fingerprint density at radius 3 is 2.79 bits per heavy atom. The summed E-state index contributed by atoms with van der Waals surface area (Å²) in [6, 6.07) is 13.7. The highest BCUT2D eigenvalue weighted by atomic mass is 16.5. The quantitative estimate of drug-likeness (QED) is 0.402. The first-order valence-electron chi connectivity index (χ1n) is 11.6. The molecule has 34 heavy (non-hydrogen) atoms. The Labute approximate surface area is 197 Å². The molecule has 1 aliphatic heterocycles. The standard InChI is InChI=1S/C25H27N5O4/c1-3-32-20-10-9-16(13-21(20)33-4-2)11-12-30-15-17(14-22(30)31)24-26-25(34-29-24)23-18-7-5-6-8-19(18)27-28-23/h5-10,13,17H,3-4,11-12,14-15H2,1-2H3,(H,27,28). The van der Waals surface area contributed by atoms with Gasteiger partial charge in [-0.2, -0.15) is 10.1 Å². The Balaban J connectivity index is 1.25. The van der Waals surface area contributed by atoms with E-state index in [4.69, 9.17) is 14.0 Å². The normalized spacial score (nSPS) is 15.9. The lowest BCUT2D eigenvalue weighted by molar-refractivity contribution is -0.127. The minimum Gasteiger partial charge on any atom is -0.490 e. The van der Waals surface area contributed by atoms with Gasteiger partial charge in [0.25, 0.3) is 5.89 Å². The van der Waals surface area contributed by atoms with Crippen molar-refractivity contribution in [3.8, 4) is 23.1 Å². The third kappa shape index (κ3) is 4.33.